The summed E-state index contributed by atoms with van der Waals surface area (Å²) in [5.74, 6) is 5.30. The van der Waals surface area contributed by atoms with Crippen molar-refractivity contribution < 1.29 is 9.30 Å². The van der Waals surface area contributed by atoms with Crippen LogP contribution in [0.4, 0.5) is 0 Å². The highest BCUT2D eigenvalue weighted by Gasteiger charge is 2.27. The fraction of sp³-hybridized carbons (Fsp3) is 0.261. The maximum absolute atomic E-state index is 13.7. The van der Waals surface area contributed by atoms with E-state index in [1.807, 2.05) is 60.7 Å². The van der Waals surface area contributed by atoms with Crippen molar-refractivity contribution in [3.8, 4) is 0 Å². The minimum atomic E-state index is -3.03. The van der Waals surface area contributed by atoms with E-state index in [2.05, 4.69) is 17.2 Å². The van der Waals surface area contributed by atoms with E-state index in [9.17, 15) is 4.57 Å². The zero-order chi connectivity index (χ0) is 19.4. The molecule has 1 saturated carbocycles. The average molecular weight is 392 g/mol. The fourth-order valence-corrected chi connectivity index (χ4v) is 5.03. The zero-order valence-electron chi connectivity index (χ0n) is 16.0. The van der Waals surface area contributed by atoms with E-state index in [-0.39, 0.29) is 0 Å². The van der Waals surface area contributed by atoms with Crippen LogP contribution in [0.1, 0.15) is 43.7 Å². The number of benzene rings is 2. The van der Waals surface area contributed by atoms with Gasteiger partial charge in [0, 0.05) is 28.5 Å². The van der Waals surface area contributed by atoms with Crippen LogP contribution in [0.5, 0.6) is 0 Å². The van der Waals surface area contributed by atoms with Gasteiger partial charge in [-0.1, -0.05) is 67.6 Å². The Hall–Kier alpha value is -2.58. The van der Waals surface area contributed by atoms with Gasteiger partial charge in [-0.25, -0.2) is 0 Å². The predicted molar refractivity (Wildman–Crippen MR) is 116 cm³/mol. The third-order valence-corrected chi connectivity index (χ3v) is 6.82. The number of rotatable bonds is 4. The van der Waals surface area contributed by atoms with Gasteiger partial charge in [0.05, 0.1) is 0 Å². The van der Waals surface area contributed by atoms with Crippen molar-refractivity contribution in [3.05, 3.63) is 83.4 Å². The number of hydrogen-bond donors (Lipinski definition) is 1. The van der Waals surface area contributed by atoms with Crippen molar-refractivity contribution in [3.63, 3.8) is 0 Å². The van der Waals surface area contributed by atoms with Crippen molar-refractivity contribution in [2.45, 2.75) is 32.6 Å². The van der Waals surface area contributed by atoms with E-state index >= 15 is 0 Å². The first-order chi connectivity index (χ1) is 13.6. The Morgan fingerprint density at radius 1 is 0.893 bits per heavy atom. The summed E-state index contributed by atoms with van der Waals surface area (Å²) in [6, 6.07) is 19.5. The van der Waals surface area contributed by atoms with E-state index < -0.39 is 7.29 Å². The van der Waals surface area contributed by atoms with E-state index in [0.717, 1.165) is 48.4 Å². The summed E-state index contributed by atoms with van der Waals surface area (Å²) in [5.41, 5.74) is 2.89. The molecule has 2 aliphatic rings. The molecule has 0 bridgehead atoms. The van der Waals surface area contributed by atoms with E-state index in [1.165, 1.54) is 0 Å². The molecular formula is C23H25N2O2P. The SMILES string of the molecule is CC1CCC(=NNP2(=O)C=C(c3ccccc3)OC(c3ccccc3)=C2)CC1. The van der Waals surface area contributed by atoms with Gasteiger partial charge in [-0.15, -0.1) is 0 Å². The largest absolute Gasteiger partial charge is 0.456 e. The van der Waals surface area contributed by atoms with Crippen molar-refractivity contribution in [1.82, 2.24) is 5.20 Å². The Morgan fingerprint density at radius 2 is 1.39 bits per heavy atom. The van der Waals surface area contributed by atoms with Gasteiger partial charge in [0.25, 0.3) is 0 Å². The number of hydrazone groups is 1. The Labute approximate surface area is 166 Å². The Morgan fingerprint density at radius 3 is 1.89 bits per heavy atom. The van der Waals surface area contributed by atoms with Crippen molar-refractivity contribution in [2.75, 3.05) is 0 Å². The second kappa shape index (κ2) is 8.20. The van der Waals surface area contributed by atoms with Crippen LogP contribution in [-0.2, 0) is 9.30 Å². The molecule has 0 spiro atoms. The molecular weight excluding hydrogens is 367 g/mol. The summed E-state index contributed by atoms with van der Waals surface area (Å²) in [4.78, 5) is 0. The monoisotopic (exact) mass is 392 g/mol. The molecule has 1 aliphatic carbocycles. The molecule has 1 aliphatic heterocycles. The number of nitrogens with one attached hydrogen (secondary N) is 1. The van der Waals surface area contributed by atoms with Crippen molar-refractivity contribution >= 4 is 24.5 Å². The summed E-state index contributed by atoms with van der Waals surface area (Å²) in [6.45, 7) is 2.27. The lowest BCUT2D eigenvalue weighted by Gasteiger charge is -2.24. The van der Waals surface area contributed by atoms with Gasteiger partial charge in [0.15, 0.2) is 0 Å². The molecule has 28 heavy (non-hydrogen) atoms. The van der Waals surface area contributed by atoms with Gasteiger partial charge >= 0.3 is 0 Å². The van der Waals surface area contributed by atoms with Gasteiger partial charge in [0.2, 0.25) is 7.29 Å². The molecule has 0 radical (unpaired) electrons. The highest BCUT2D eigenvalue weighted by atomic mass is 31.2. The van der Waals surface area contributed by atoms with Gasteiger partial charge in [-0.2, -0.15) is 5.10 Å². The molecule has 5 heteroatoms. The molecule has 4 nitrogen and oxygen atoms in total. The lowest BCUT2D eigenvalue weighted by Crippen LogP contribution is -2.15. The highest BCUT2D eigenvalue weighted by Crippen LogP contribution is 2.53. The second-order valence-electron chi connectivity index (χ2n) is 7.49. The lowest BCUT2D eigenvalue weighted by molar-refractivity contribution is 0.468. The normalized spacial score (nSPS) is 21.2. The highest BCUT2D eigenvalue weighted by molar-refractivity contribution is 7.68. The van der Waals surface area contributed by atoms with Gasteiger partial charge in [0.1, 0.15) is 11.5 Å². The van der Waals surface area contributed by atoms with Crippen LogP contribution in [0, 0.1) is 5.92 Å². The summed E-state index contributed by atoms with van der Waals surface area (Å²) >= 11 is 0. The molecule has 1 heterocycles. The third-order valence-electron chi connectivity index (χ3n) is 5.17. The number of nitrogens with zero attached hydrogens (tertiary/aromatic N) is 1. The van der Waals surface area contributed by atoms with Crippen LogP contribution in [0.3, 0.4) is 0 Å². The van der Waals surface area contributed by atoms with Crippen LogP contribution >= 0.6 is 7.29 Å². The van der Waals surface area contributed by atoms with Crippen LogP contribution in [-0.4, -0.2) is 5.71 Å². The minimum absolute atomic E-state index is 0.593. The molecule has 4 rings (SSSR count). The molecule has 2 aromatic carbocycles. The molecule has 0 saturated heterocycles. The molecule has 144 valence electrons. The second-order valence-corrected chi connectivity index (χ2v) is 9.63. The standard InChI is InChI=1S/C23H25N2O2P/c1-18-12-14-21(15-13-18)24-25-28(26)16-22(19-8-4-2-5-9-19)27-23(17-28)20-10-6-3-7-11-20/h2-11,16-18H,12-15H2,1H3,(H,25,26). The third kappa shape index (κ3) is 4.45. The number of hydrogen-bond acceptors (Lipinski definition) is 3. The van der Waals surface area contributed by atoms with Gasteiger partial charge < -0.3 is 4.74 Å². The first kappa shape index (κ1) is 18.8. The van der Waals surface area contributed by atoms with Gasteiger partial charge in [-0.3, -0.25) is 9.76 Å². The fourth-order valence-electron chi connectivity index (χ4n) is 3.44. The molecule has 2 aromatic rings. The zero-order valence-corrected chi connectivity index (χ0v) is 16.9. The predicted octanol–water partition coefficient (Wildman–Crippen LogP) is 6.45. The maximum Gasteiger partial charge on any atom is 0.235 e. The number of ether oxygens (including phenoxy) is 1. The van der Waals surface area contributed by atoms with Crippen LogP contribution in [0.2, 0.25) is 0 Å². The first-order valence-corrected chi connectivity index (χ1v) is 11.6. The summed E-state index contributed by atoms with van der Waals surface area (Å²) < 4.78 is 19.8. The van der Waals surface area contributed by atoms with Gasteiger partial charge in [-0.05, 0) is 31.6 Å². The molecule has 1 fully saturated rings. The lowest BCUT2D eigenvalue weighted by atomic mass is 9.90. The smallest absolute Gasteiger partial charge is 0.235 e. The summed E-state index contributed by atoms with van der Waals surface area (Å²) in [5, 5.41) is 7.52. The van der Waals surface area contributed by atoms with E-state index in [1.54, 1.807) is 11.6 Å². The Bertz CT molecular complexity index is 895. The van der Waals surface area contributed by atoms with E-state index in [0.29, 0.717) is 11.5 Å². The topological polar surface area (TPSA) is 50.7 Å². The molecule has 0 aromatic heterocycles. The molecule has 0 atom stereocenters. The van der Waals surface area contributed by atoms with Crippen LogP contribution in [0.25, 0.3) is 11.5 Å². The van der Waals surface area contributed by atoms with Crippen molar-refractivity contribution in [2.24, 2.45) is 11.0 Å². The maximum atomic E-state index is 13.7. The van der Waals surface area contributed by atoms with Crippen LogP contribution < -0.4 is 5.20 Å². The Kier molecular flexibility index (Phi) is 5.50. The quantitative estimate of drug-likeness (QED) is 0.481. The minimum Gasteiger partial charge on any atom is -0.456 e. The Balaban J connectivity index is 1.66. The molecule has 0 amide bonds. The average Bonchev–Trinajstić information content (AvgIpc) is 2.74. The first-order valence-electron chi connectivity index (χ1n) is 9.78. The van der Waals surface area contributed by atoms with E-state index in [4.69, 9.17) is 4.74 Å². The van der Waals surface area contributed by atoms with Crippen molar-refractivity contribution in [1.29, 1.82) is 0 Å². The summed E-state index contributed by atoms with van der Waals surface area (Å²) in [6.07, 6.45) is 4.22. The molecule has 1 N–H and O–H groups in total. The van der Waals surface area contributed by atoms with Crippen LogP contribution in [0.15, 0.2) is 77.4 Å². The molecule has 0 unspecified atom stereocenters. The summed E-state index contributed by atoms with van der Waals surface area (Å²) in [7, 11) is -3.03.